The second-order valence-electron chi connectivity index (χ2n) is 5.82. The molecule has 116 valence electrons. The van der Waals surface area contributed by atoms with Crippen molar-refractivity contribution in [2.75, 3.05) is 39.4 Å². The molecule has 0 saturated carbocycles. The molecular formula is C16H22Cl2N2O. The predicted octanol–water partition coefficient (Wildman–Crippen LogP) is 3.37. The van der Waals surface area contributed by atoms with Gasteiger partial charge in [0.1, 0.15) is 0 Å². The molecule has 1 N–H and O–H groups in total. The molecule has 1 atom stereocenters. The SMILES string of the molecule is Clc1cccc([C@H](C2CCOCC2)N2CCNCC2)c1Cl. The first kappa shape index (κ1) is 15.6. The second-order valence-corrected chi connectivity index (χ2v) is 6.61. The standard InChI is InChI=1S/C16H22Cl2N2O/c17-14-3-1-2-13(15(14)18)16(12-4-10-21-11-5-12)20-8-6-19-7-9-20/h1-3,12,16,19H,4-11H2/t16-/m0/s1. The molecule has 0 unspecified atom stereocenters. The van der Waals surface area contributed by atoms with Gasteiger partial charge < -0.3 is 10.1 Å². The number of ether oxygens (including phenoxy) is 1. The number of nitrogens with zero attached hydrogens (tertiary/aromatic N) is 1. The van der Waals surface area contributed by atoms with Crippen LogP contribution >= 0.6 is 23.2 Å². The van der Waals surface area contributed by atoms with Gasteiger partial charge in [-0.3, -0.25) is 4.90 Å². The number of benzene rings is 1. The van der Waals surface area contributed by atoms with Crippen molar-refractivity contribution in [3.05, 3.63) is 33.8 Å². The average Bonchev–Trinajstić information content (AvgIpc) is 2.54. The number of rotatable bonds is 3. The summed E-state index contributed by atoms with van der Waals surface area (Å²) < 4.78 is 5.54. The van der Waals surface area contributed by atoms with Gasteiger partial charge in [0.05, 0.1) is 10.0 Å². The Morgan fingerprint density at radius 2 is 1.86 bits per heavy atom. The van der Waals surface area contributed by atoms with Crippen molar-refractivity contribution in [2.45, 2.75) is 18.9 Å². The first-order valence-corrected chi connectivity index (χ1v) is 8.49. The molecule has 1 aromatic carbocycles. The van der Waals surface area contributed by atoms with Gasteiger partial charge in [0.15, 0.2) is 0 Å². The summed E-state index contributed by atoms with van der Waals surface area (Å²) >= 11 is 12.8. The molecular weight excluding hydrogens is 307 g/mol. The molecule has 2 fully saturated rings. The third kappa shape index (κ3) is 3.54. The van der Waals surface area contributed by atoms with Gasteiger partial charge >= 0.3 is 0 Å². The Labute approximate surface area is 136 Å². The molecule has 3 nitrogen and oxygen atoms in total. The van der Waals surface area contributed by atoms with Crippen LogP contribution in [0.2, 0.25) is 10.0 Å². The molecule has 0 bridgehead atoms. The molecule has 2 aliphatic heterocycles. The van der Waals surface area contributed by atoms with E-state index in [1.165, 1.54) is 5.56 Å². The summed E-state index contributed by atoms with van der Waals surface area (Å²) in [5, 5.41) is 4.80. The minimum Gasteiger partial charge on any atom is -0.381 e. The Morgan fingerprint density at radius 1 is 1.14 bits per heavy atom. The normalized spacial score (nSPS) is 23.1. The smallest absolute Gasteiger partial charge is 0.0640 e. The molecule has 2 aliphatic rings. The highest BCUT2D eigenvalue weighted by Gasteiger charge is 2.32. The van der Waals surface area contributed by atoms with E-state index in [-0.39, 0.29) is 0 Å². The van der Waals surface area contributed by atoms with Gasteiger partial charge in [-0.15, -0.1) is 0 Å². The molecule has 5 heteroatoms. The third-order valence-corrected chi connectivity index (χ3v) is 5.39. The summed E-state index contributed by atoms with van der Waals surface area (Å²) in [6.45, 7) is 5.91. The number of piperazine rings is 1. The summed E-state index contributed by atoms with van der Waals surface area (Å²) in [7, 11) is 0. The Hall–Kier alpha value is -0.320. The largest absolute Gasteiger partial charge is 0.381 e. The van der Waals surface area contributed by atoms with Crippen LogP contribution in [0.4, 0.5) is 0 Å². The Balaban J connectivity index is 1.91. The maximum Gasteiger partial charge on any atom is 0.0640 e. The second kappa shape index (κ2) is 7.30. The van der Waals surface area contributed by atoms with E-state index in [2.05, 4.69) is 16.3 Å². The first-order chi connectivity index (χ1) is 10.3. The van der Waals surface area contributed by atoms with Crippen LogP contribution in [0, 0.1) is 5.92 Å². The molecule has 2 heterocycles. The molecule has 2 saturated heterocycles. The van der Waals surface area contributed by atoms with Crippen molar-refractivity contribution in [3.8, 4) is 0 Å². The quantitative estimate of drug-likeness (QED) is 0.920. The lowest BCUT2D eigenvalue weighted by molar-refractivity contribution is 0.0213. The minimum absolute atomic E-state index is 0.349. The highest BCUT2D eigenvalue weighted by molar-refractivity contribution is 6.42. The van der Waals surface area contributed by atoms with Crippen molar-refractivity contribution in [1.29, 1.82) is 0 Å². The zero-order valence-electron chi connectivity index (χ0n) is 12.2. The van der Waals surface area contributed by atoms with Gasteiger partial charge in [-0.25, -0.2) is 0 Å². The molecule has 0 aromatic heterocycles. The van der Waals surface area contributed by atoms with Gasteiger partial charge in [-0.1, -0.05) is 35.3 Å². The summed E-state index contributed by atoms with van der Waals surface area (Å²) in [5.41, 5.74) is 1.18. The van der Waals surface area contributed by atoms with Crippen LogP contribution in [-0.4, -0.2) is 44.3 Å². The van der Waals surface area contributed by atoms with Crippen LogP contribution in [0.15, 0.2) is 18.2 Å². The summed E-state index contributed by atoms with van der Waals surface area (Å²) in [5.74, 6) is 0.591. The van der Waals surface area contributed by atoms with Crippen LogP contribution < -0.4 is 5.32 Å². The minimum atomic E-state index is 0.349. The van der Waals surface area contributed by atoms with Crippen molar-refractivity contribution in [2.24, 2.45) is 5.92 Å². The lowest BCUT2D eigenvalue weighted by Gasteiger charge is -2.41. The van der Waals surface area contributed by atoms with Crippen molar-refractivity contribution >= 4 is 23.2 Å². The van der Waals surface area contributed by atoms with Crippen molar-refractivity contribution < 1.29 is 4.74 Å². The lowest BCUT2D eigenvalue weighted by atomic mass is 9.85. The number of hydrogen-bond donors (Lipinski definition) is 1. The Kier molecular flexibility index (Phi) is 5.41. The van der Waals surface area contributed by atoms with Gasteiger partial charge in [0, 0.05) is 45.4 Å². The summed E-state index contributed by atoms with van der Waals surface area (Å²) in [6.07, 6.45) is 2.19. The number of halogens is 2. The van der Waals surface area contributed by atoms with E-state index < -0.39 is 0 Å². The molecule has 1 aromatic rings. The molecule has 0 spiro atoms. The van der Waals surface area contributed by atoms with E-state index in [0.29, 0.717) is 22.0 Å². The van der Waals surface area contributed by atoms with Crippen LogP contribution in [0.1, 0.15) is 24.4 Å². The van der Waals surface area contributed by atoms with E-state index in [4.69, 9.17) is 27.9 Å². The lowest BCUT2D eigenvalue weighted by Crippen LogP contribution is -2.47. The Bertz CT molecular complexity index is 453. The van der Waals surface area contributed by atoms with E-state index >= 15 is 0 Å². The fourth-order valence-corrected chi connectivity index (χ4v) is 3.91. The van der Waals surface area contributed by atoms with Gasteiger partial charge in [0.2, 0.25) is 0 Å². The van der Waals surface area contributed by atoms with Crippen LogP contribution in [-0.2, 0) is 4.74 Å². The monoisotopic (exact) mass is 328 g/mol. The van der Waals surface area contributed by atoms with E-state index in [0.717, 1.165) is 52.2 Å². The highest BCUT2D eigenvalue weighted by atomic mass is 35.5. The highest BCUT2D eigenvalue weighted by Crippen LogP contribution is 2.40. The fraction of sp³-hybridized carbons (Fsp3) is 0.625. The molecule has 21 heavy (non-hydrogen) atoms. The van der Waals surface area contributed by atoms with E-state index in [1.807, 2.05) is 12.1 Å². The third-order valence-electron chi connectivity index (χ3n) is 4.56. The topological polar surface area (TPSA) is 24.5 Å². The van der Waals surface area contributed by atoms with Crippen LogP contribution in [0.5, 0.6) is 0 Å². The Morgan fingerprint density at radius 3 is 2.57 bits per heavy atom. The summed E-state index contributed by atoms with van der Waals surface area (Å²) in [4.78, 5) is 2.56. The van der Waals surface area contributed by atoms with Gasteiger partial charge in [0.25, 0.3) is 0 Å². The maximum absolute atomic E-state index is 6.52. The fourth-order valence-electron chi connectivity index (χ4n) is 3.49. The molecule has 0 amide bonds. The van der Waals surface area contributed by atoms with Crippen LogP contribution in [0.3, 0.4) is 0 Å². The maximum atomic E-state index is 6.52. The number of hydrogen-bond acceptors (Lipinski definition) is 3. The molecule has 3 rings (SSSR count). The zero-order valence-corrected chi connectivity index (χ0v) is 13.7. The van der Waals surface area contributed by atoms with E-state index in [1.54, 1.807) is 0 Å². The van der Waals surface area contributed by atoms with Gasteiger partial charge in [-0.05, 0) is 30.4 Å². The van der Waals surface area contributed by atoms with Crippen molar-refractivity contribution in [1.82, 2.24) is 10.2 Å². The van der Waals surface area contributed by atoms with E-state index in [9.17, 15) is 0 Å². The molecule has 0 radical (unpaired) electrons. The zero-order chi connectivity index (χ0) is 14.7. The summed E-state index contributed by atoms with van der Waals surface area (Å²) in [6, 6.07) is 6.36. The van der Waals surface area contributed by atoms with Crippen LogP contribution in [0.25, 0.3) is 0 Å². The molecule has 0 aliphatic carbocycles. The number of nitrogens with one attached hydrogen (secondary N) is 1. The predicted molar refractivity (Wildman–Crippen MR) is 87.2 cm³/mol. The van der Waals surface area contributed by atoms with Crippen molar-refractivity contribution in [3.63, 3.8) is 0 Å². The van der Waals surface area contributed by atoms with Gasteiger partial charge in [-0.2, -0.15) is 0 Å². The average molecular weight is 329 g/mol. The first-order valence-electron chi connectivity index (χ1n) is 7.74.